The molecule has 1 aliphatic carbocycles. The van der Waals surface area contributed by atoms with Crippen molar-refractivity contribution >= 4 is 17.8 Å². The highest BCUT2D eigenvalue weighted by atomic mass is 16.4. The number of hydrogen-bond acceptors (Lipinski definition) is 3. The normalized spacial score (nSPS) is 23.9. The summed E-state index contributed by atoms with van der Waals surface area (Å²) in [5.74, 6) is -1.18. The van der Waals surface area contributed by atoms with Gasteiger partial charge in [-0.05, 0) is 18.8 Å². The Bertz CT molecular complexity index is 351. The highest BCUT2D eigenvalue weighted by Crippen LogP contribution is 2.31. The molecule has 0 aromatic rings. The van der Waals surface area contributed by atoms with Crippen molar-refractivity contribution in [3.05, 3.63) is 0 Å². The van der Waals surface area contributed by atoms with E-state index in [0.717, 1.165) is 6.54 Å². The molecule has 1 unspecified atom stereocenters. The van der Waals surface area contributed by atoms with Crippen molar-refractivity contribution in [3.8, 4) is 0 Å². The number of nitrogens with one attached hydrogen (secondary N) is 1. The summed E-state index contributed by atoms with van der Waals surface area (Å²) < 4.78 is 0. The van der Waals surface area contributed by atoms with Gasteiger partial charge in [0.05, 0.1) is 5.92 Å². The number of amides is 2. The SMILES string of the molecule is O=C(O)CNC(=O)C1CC(=O)N(CC2CC2)C1. The third-order valence-electron chi connectivity index (χ3n) is 3.17. The minimum atomic E-state index is -1.07. The van der Waals surface area contributed by atoms with E-state index in [1.165, 1.54) is 12.8 Å². The van der Waals surface area contributed by atoms with Crippen LogP contribution in [0.15, 0.2) is 0 Å². The molecule has 1 saturated carbocycles. The molecule has 1 aliphatic heterocycles. The summed E-state index contributed by atoms with van der Waals surface area (Å²) in [6.45, 7) is 0.800. The summed E-state index contributed by atoms with van der Waals surface area (Å²) in [4.78, 5) is 35.2. The van der Waals surface area contributed by atoms with Crippen molar-refractivity contribution in [2.24, 2.45) is 11.8 Å². The highest BCUT2D eigenvalue weighted by Gasteiger charge is 2.37. The summed E-state index contributed by atoms with van der Waals surface area (Å²) in [6.07, 6.45) is 2.54. The Morgan fingerprint density at radius 2 is 2.12 bits per heavy atom. The van der Waals surface area contributed by atoms with Crippen molar-refractivity contribution < 1.29 is 19.5 Å². The topological polar surface area (TPSA) is 86.7 Å². The van der Waals surface area contributed by atoms with Crippen molar-refractivity contribution in [3.63, 3.8) is 0 Å². The van der Waals surface area contributed by atoms with E-state index in [1.807, 2.05) is 0 Å². The van der Waals surface area contributed by atoms with E-state index in [9.17, 15) is 14.4 Å². The molecular formula is C11H16N2O4. The number of carboxylic acid groups (broad SMARTS) is 1. The zero-order chi connectivity index (χ0) is 12.4. The molecule has 1 heterocycles. The molecule has 0 aromatic carbocycles. The van der Waals surface area contributed by atoms with Crippen LogP contribution >= 0.6 is 0 Å². The molecule has 0 aromatic heterocycles. The van der Waals surface area contributed by atoms with Crippen LogP contribution in [0.4, 0.5) is 0 Å². The number of rotatable bonds is 5. The first-order valence-electron chi connectivity index (χ1n) is 5.83. The van der Waals surface area contributed by atoms with Crippen LogP contribution in [0.2, 0.25) is 0 Å². The molecule has 2 aliphatic rings. The third kappa shape index (κ3) is 3.18. The molecule has 0 radical (unpaired) electrons. The van der Waals surface area contributed by atoms with Crippen LogP contribution in [-0.4, -0.2) is 47.4 Å². The van der Waals surface area contributed by atoms with Gasteiger partial charge < -0.3 is 15.3 Å². The minimum Gasteiger partial charge on any atom is -0.480 e. The Morgan fingerprint density at radius 3 is 2.71 bits per heavy atom. The Hall–Kier alpha value is -1.59. The van der Waals surface area contributed by atoms with Crippen LogP contribution in [0.3, 0.4) is 0 Å². The number of likely N-dealkylation sites (tertiary alicyclic amines) is 1. The van der Waals surface area contributed by atoms with Crippen LogP contribution in [-0.2, 0) is 14.4 Å². The fourth-order valence-corrected chi connectivity index (χ4v) is 2.04. The van der Waals surface area contributed by atoms with Crippen LogP contribution in [0.25, 0.3) is 0 Å². The van der Waals surface area contributed by atoms with Crippen LogP contribution in [0.1, 0.15) is 19.3 Å². The van der Waals surface area contributed by atoms with Gasteiger partial charge in [-0.15, -0.1) is 0 Å². The second kappa shape index (κ2) is 4.73. The van der Waals surface area contributed by atoms with Crippen molar-refractivity contribution in [2.75, 3.05) is 19.6 Å². The zero-order valence-electron chi connectivity index (χ0n) is 9.52. The molecule has 0 spiro atoms. The summed E-state index contributed by atoms with van der Waals surface area (Å²) >= 11 is 0. The Balaban J connectivity index is 1.80. The Labute approximate surface area is 99.0 Å². The largest absolute Gasteiger partial charge is 0.480 e. The molecule has 0 bridgehead atoms. The van der Waals surface area contributed by atoms with Gasteiger partial charge in [-0.2, -0.15) is 0 Å². The molecule has 6 nitrogen and oxygen atoms in total. The van der Waals surface area contributed by atoms with E-state index in [-0.39, 0.29) is 30.7 Å². The molecular weight excluding hydrogens is 224 g/mol. The van der Waals surface area contributed by atoms with Crippen molar-refractivity contribution in [2.45, 2.75) is 19.3 Å². The van der Waals surface area contributed by atoms with Gasteiger partial charge in [0.2, 0.25) is 11.8 Å². The summed E-state index contributed by atoms with van der Waals surface area (Å²) in [6, 6.07) is 0. The van der Waals surface area contributed by atoms with E-state index in [4.69, 9.17) is 5.11 Å². The van der Waals surface area contributed by atoms with E-state index in [1.54, 1.807) is 4.90 Å². The first kappa shape index (κ1) is 11.9. The Morgan fingerprint density at radius 1 is 1.41 bits per heavy atom. The second-order valence-electron chi connectivity index (χ2n) is 4.75. The molecule has 2 fully saturated rings. The lowest BCUT2D eigenvalue weighted by Gasteiger charge is -2.15. The fourth-order valence-electron chi connectivity index (χ4n) is 2.04. The average Bonchev–Trinajstić information content (AvgIpc) is 3.00. The number of hydrogen-bond donors (Lipinski definition) is 2. The molecule has 17 heavy (non-hydrogen) atoms. The minimum absolute atomic E-state index is 0.00683. The van der Waals surface area contributed by atoms with Gasteiger partial charge in [-0.25, -0.2) is 0 Å². The van der Waals surface area contributed by atoms with Gasteiger partial charge >= 0.3 is 5.97 Å². The predicted molar refractivity (Wildman–Crippen MR) is 58.1 cm³/mol. The van der Waals surface area contributed by atoms with E-state index in [2.05, 4.69) is 5.32 Å². The highest BCUT2D eigenvalue weighted by molar-refractivity contribution is 5.90. The number of carbonyl (C=O) groups excluding carboxylic acids is 2. The first-order chi connectivity index (χ1) is 8.06. The Kier molecular flexibility index (Phi) is 3.31. The van der Waals surface area contributed by atoms with E-state index >= 15 is 0 Å². The molecule has 2 amide bonds. The maximum atomic E-state index is 11.6. The van der Waals surface area contributed by atoms with Gasteiger partial charge in [0.25, 0.3) is 0 Å². The van der Waals surface area contributed by atoms with Gasteiger partial charge in [0.15, 0.2) is 0 Å². The maximum Gasteiger partial charge on any atom is 0.322 e. The smallest absolute Gasteiger partial charge is 0.322 e. The zero-order valence-corrected chi connectivity index (χ0v) is 9.52. The van der Waals surface area contributed by atoms with Gasteiger partial charge in [0, 0.05) is 19.5 Å². The van der Waals surface area contributed by atoms with Crippen molar-refractivity contribution in [1.82, 2.24) is 10.2 Å². The first-order valence-corrected chi connectivity index (χ1v) is 5.83. The summed E-state index contributed by atoms with van der Waals surface area (Å²) in [5, 5.41) is 10.8. The lowest BCUT2D eigenvalue weighted by Crippen LogP contribution is -2.36. The molecule has 1 saturated heterocycles. The van der Waals surface area contributed by atoms with Gasteiger partial charge in [0.1, 0.15) is 6.54 Å². The maximum absolute atomic E-state index is 11.6. The molecule has 2 rings (SSSR count). The molecule has 94 valence electrons. The van der Waals surface area contributed by atoms with Gasteiger partial charge in [-0.3, -0.25) is 14.4 Å². The summed E-state index contributed by atoms with van der Waals surface area (Å²) in [5.41, 5.74) is 0. The number of aliphatic carboxylic acids is 1. The number of nitrogens with zero attached hydrogens (tertiary/aromatic N) is 1. The summed E-state index contributed by atoms with van der Waals surface area (Å²) in [7, 11) is 0. The standard InChI is InChI=1S/C11H16N2O4/c14-9-3-8(11(17)12-4-10(15)16)6-13(9)5-7-1-2-7/h7-8H,1-6H2,(H,12,17)(H,15,16). The van der Waals surface area contributed by atoms with Gasteiger partial charge in [-0.1, -0.05) is 0 Å². The average molecular weight is 240 g/mol. The fraction of sp³-hybridized carbons (Fsp3) is 0.727. The van der Waals surface area contributed by atoms with Crippen LogP contribution in [0, 0.1) is 11.8 Å². The van der Waals surface area contributed by atoms with Crippen LogP contribution < -0.4 is 5.32 Å². The molecule has 2 N–H and O–H groups in total. The van der Waals surface area contributed by atoms with E-state index in [0.29, 0.717) is 12.5 Å². The quantitative estimate of drug-likeness (QED) is 0.674. The molecule has 1 atom stereocenters. The predicted octanol–water partition coefficient (Wildman–Crippen LogP) is -0.554. The number of carboxylic acids is 1. The second-order valence-corrected chi connectivity index (χ2v) is 4.75. The number of carbonyl (C=O) groups is 3. The monoisotopic (exact) mass is 240 g/mol. The molecule has 6 heteroatoms. The lowest BCUT2D eigenvalue weighted by molar-refractivity contribution is -0.138. The third-order valence-corrected chi connectivity index (χ3v) is 3.17. The van der Waals surface area contributed by atoms with Crippen LogP contribution in [0.5, 0.6) is 0 Å². The van der Waals surface area contributed by atoms with E-state index < -0.39 is 5.97 Å². The lowest BCUT2D eigenvalue weighted by atomic mass is 10.1. The van der Waals surface area contributed by atoms with Crippen molar-refractivity contribution in [1.29, 1.82) is 0 Å².